The van der Waals surface area contributed by atoms with Gasteiger partial charge < -0.3 is 10.1 Å². The highest BCUT2D eigenvalue weighted by atomic mass is 19.4. The van der Waals surface area contributed by atoms with Crippen molar-refractivity contribution >= 4 is 5.95 Å². The predicted octanol–water partition coefficient (Wildman–Crippen LogP) is 3.29. The number of nitrogens with zero attached hydrogens (tertiary/aromatic N) is 3. The summed E-state index contributed by atoms with van der Waals surface area (Å²) >= 11 is 0. The number of nitrogens with one attached hydrogen (secondary N) is 1. The smallest absolute Gasteiger partial charge is 0.379 e. The molecule has 3 rings (SSSR count). The van der Waals surface area contributed by atoms with E-state index in [4.69, 9.17) is 4.74 Å². The molecule has 1 aromatic heterocycles. The van der Waals surface area contributed by atoms with Gasteiger partial charge in [-0.25, -0.2) is 9.97 Å². The van der Waals surface area contributed by atoms with Gasteiger partial charge in [-0.3, -0.25) is 4.90 Å². The van der Waals surface area contributed by atoms with Crippen LogP contribution < -0.4 is 5.32 Å². The molecular formula is C18H21F3N4O. The Bertz CT molecular complexity index is 732. The van der Waals surface area contributed by atoms with Crippen LogP contribution in [0.5, 0.6) is 0 Å². The fourth-order valence-corrected chi connectivity index (χ4v) is 3.01. The summed E-state index contributed by atoms with van der Waals surface area (Å²) in [5, 5.41) is 2.97. The van der Waals surface area contributed by atoms with Crippen LogP contribution in [0.3, 0.4) is 0 Å². The van der Waals surface area contributed by atoms with Gasteiger partial charge in [0.15, 0.2) is 0 Å². The Morgan fingerprint density at radius 1 is 1.23 bits per heavy atom. The van der Waals surface area contributed by atoms with E-state index in [1.807, 2.05) is 25.1 Å². The van der Waals surface area contributed by atoms with E-state index in [0.717, 1.165) is 36.5 Å². The van der Waals surface area contributed by atoms with Crippen LogP contribution in [0, 0.1) is 6.92 Å². The zero-order valence-corrected chi connectivity index (χ0v) is 14.5. The van der Waals surface area contributed by atoms with Gasteiger partial charge in [0.2, 0.25) is 5.95 Å². The van der Waals surface area contributed by atoms with Crippen molar-refractivity contribution in [3.05, 3.63) is 53.3 Å². The molecule has 1 aliphatic rings. The summed E-state index contributed by atoms with van der Waals surface area (Å²) in [5.74, 6) is -0.0225. The van der Waals surface area contributed by atoms with Crippen LogP contribution in [-0.4, -0.2) is 47.7 Å². The molecule has 1 N–H and O–H groups in total. The van der Waals surface area contributed by atoms with E-state index in [2.05, 4.69) is 26.3 Å². The Hall–Kier alpha value is -2.19. The molecule has 1 aliphatic heterocycles. The Labute approximate surface area is 150 Å². The SMILES string of the molecule is Cc1cccc(C(CNc2nccc(C(F)(F)F)n2)N2CCOCC2)c1. The predicted molar refractivity (Wildman–Crippen MR) is 91.8 cm³/mol. The number of hydrogen-bond donors (Lipinski definition) is 1. The lowest BCUT2D eigenvalue weighted by Gasteiger charge is -2.35. The second-order valence-electron chi connectivity index (χ2n) is 6.22. The molecule has 0 bridgehead atoms. The lowest BCUT2D eigenvalue weighted by Crippen LogP contribution is -2.41. The van der Waals surface area contributed by atoms with Crippen molar-refractivity contribution in [2.45, 2.75) is 19.1 Å². The lowest BCUT2D eigenvalue weighted by molar-refractivity contribution is -0.141. The zero-order valence-electron chi connectivity index (χ0n) is 14.5. The third-order valence-corrected chi connectivity index (χ3v) is 4.31. The molecule has 5 nitrogen and oxygen atoms in total. The first-order chi connectivity index (χ1) is 12.4. The number of ether oxygens (including phenoxy) is 1. The number of rotatable bonds is 5. The largest absolute Gasteiger partial charge is 0.433 e. The van der Waals surface area contributed by atoms with Crippen LogP contribution in [0.4, 0.5) is 19.1 Å². The number of anilines is 1. The van der Waals surface area contributed by atoms with Crippen LogP contribution in [0.15, 0.2) is 36.5 Å². The number of aryl methyl sites for hydroxylation is 1. The van der Waals surface area contributed by atoms with E-state index < -0.39 is 11.9 Å². The molecule has 1 fully saturated rings. The maximum atomic E-state index is 12.8. The van der Waals surface area contributed by atoms with Gasteiger partial charge in [-0.15, -0.1) is 0 Å². The molecule has 8 heteroatoms. The Morgan fingerprint density at radius 2 is 2.00 bits per heavy atom. The molecule has 2 aromatic rings. The summed E-state index contributed by atoms with van der Waals surface area (Å²) in [6, 6.07) is 8.99. The summed E-state index contributed by atoms with van der Waals surface area (Å²) in [4.78, 5) is 9.76. The first kappa shape index (κ1) is 18.6. The minimum Gasteiger partial charge on any atom is -0.379 e. The molecule has 0 radical (unpaired) electrons. The normalized spacial score (nSPS) is 17.1. The topological polar surface area (TPSA) is 50.3 Å². The van der Waals surface area contributed by atoms with Gasteiger partial charge in [-0.2, -0.15) is 13.2 Å². The molecule has 1 unspecified atom stereocenters. The van der Waals surface area contributed by atoms with E-state index in [-0.39, 0.29) is 12.0 Å². The van der Waals surface area contributed by atoms with E-state index >= 15 is 0 Å². The van der Waals surface area contributed by atoms with Crippen LogP contribution in [0.1, 0.15) is 22.9 Å². The Kier molecular flexibility index (Phi) is 5.73. The molecule has 1 saturated heterocycles. The fraction of sp³-hybridized carbons (Fsp3) is 0.444. The van der Waals surface area contributed by atoms with Gasteiger partial charge >= 0.3 is 6.18 Å². The van der Waals surface area contributed by atoms with Crippen molar-refractivity contribution in [2.24, 2.45) is 0 Å². The highest BCUT2D eigenvalue weighted by Crippen LogP contribution is 2.28. The summed E-state index contributed by atoms with van der Waals surface area (Å²) in [5.41, 5.74) is 1.29. The minimum absolute atomic E-state index is 0.00283. The number of halogens is 3. The van der Waals surface area contributed by atoms with Crippen molar-refractivity contribution in [1.29, 1.82) is 0 Å². The van der Waals surface area contributed by atoms with Gasteiger partial charge in [0.25, 0.3) is 0 Å². The number of benzene rings is 1. The number of morpholine rings is 1. The molecule has 0 spiro atoms. The Morgan fingerprint density at radius 3 is 2.69 bits per heavy atom. The molecule has 140 valence electrons. The second-order valence-corrected chi connectivity index (χ2v) is 6.22. The molecule has 26 heavy (non-hydrogen) atoms. The minimum atomic E-state index is -4.49. The molecule has 0 saturated carbocycles. The van der Waals surface area contributed by atoms with Crippen molar-refractivity contribution in [3.8, 4) is 0 Å². The third kappa shape index (κ3) is 4.70. The van der Waals surface area contributed by atoms with E-state index in [0.29, 0.717) is 19.8 Å². The average molecular weight is 366 g/mol. The fourth-order valence-electron chi connectivity index (χ4n) is 3.01. The van der Waals surface area contributed by atoms with E-state index in [1.165, 1.54) is 0 Å². The van der Waals surface area contributed by atoms with Crippen molar-refractivity contribution in [2.75, 3.05) is 38.2 Å². The van der Waals surface area contributed by atoms with Crippen LogP contribution in [0.2, 0.25) is 0 Å². The number of hydrogen-bond acceptors (Lipinski definition) is 5. The molecule has 0 amide bonds. The third-order valence-electron chi connectivity index (χ3n) is 4.31. The average Bonchev–Trinajstić information content (AvgIpc) is 2.62. The monoisotopic (exact) mass is 366 g/mol. The zero-order chi connectivity index (χ0) is 18.6. The quantitative estimate of drug-likeness (QED) is 0.880. The second kappa shape index (κ2) is 8.01. The van der Waals surface area contributed by atoms with Gasteiger partial charge in [0, 0.05) is 25.8 Å². The van der Waals surface area contributed by atoms with Gasteiger partial charge in [-0.05, 0) is 18.6 Å². The summed E-state index contributed by atoms with van der Waals surface area (Å²) in [7, 11) is 0. The van der Waals surface area contributed by atoms with Gasteiger partial charge in [0.05, 0.1) is 19.3 Å². The van der Waals surface area contributed by atoms with Crippen molar-refractivity contribution in [3.63, 3.8) is 0 Å². The van der Waals surface area contributed by atoms with Crippen LogP contribution >= 0.6 is 0 Å². The van der Waals surface area contributed by atoms with E-state index in [1.54, 1.807) is 0 Å². The maximum Gasteiger partial charge on any atom is 0.433 e. The molecule has 0 aliphatic carbocycles. The Balaban J connectivity index is 1.78. The first-order valence-electron chi connectivity index (χ1n) is 8.46. The van der Waals surface area contributed by atoms with Gasteiger partial charge in [0.1, 0.15) is 5.69 Å². The standard InChI is InChI=1S/C18H21F3N4O/c1-13-3-2-4-14(11-13)15(25-7-9-26-10-8-25)12-23-17-22-6-5-16(24-17)18(19,20)21/h2-6,11,15H,7-10,12H2,1H3,(H,22,23,24). The van der Waals surface area contributed by atoms with Crippen molar-refractivity contribution < 1.29 is 17.9 Å². The molecular weight excluding hydrogens is 345 g/mol. The molecule has 2 heterocycles. The molecule has 1 aromatic carbocycles. The maximum absolute atomic E-state index is 12.8. The first-order valence-corrected chi connectivity index (χ1v) is 8.46. The van der Waals surface area contributed by atoms with E-state index in [9.17, 15) is 13.2 Å². The molecule has 1 atom stereocenters. The highest BCUT2D eigenvalue weighted by Gasteiger charge is 2.33. The summed E-state index contributed by atoms with van der Waals surface area (Å²) < 4.78 is 43.9. The van der Waals surface area contributed by atoms with Crippen LogP contribution in [-0.2, 0) is 10.9 Å². The lowest BCUT2D eigenvalue weighted by atomic mass is 10.0. The van der Waals surface area contributed by atoms with Gasteiger partial charge in [-0.1, -0.05) is 29.8 Å². The number of aromatic nitrogens is 2. The summed E-state index contributed by atoms with van der Waals surface area (Å²) in [6.07, 6.45) is -3.37. The summed E-state index contributed by atoms with van der Waals surface area (Å²) in [6.45, 7) is 5.24. The van der Waals surface area contributed by atoms with Crippen LogP contribution in [0.25, 0.3) is 0 Å². The highest BCUT2D eigenvalue weighted by molar-refractivity contribution is 5.30. The number of alkyl halides is 3. The van der Waals surface area contributed by atoms with Crippen molar-refractivity contribution in [1.82, 2.24) is 14.9 Å².